The van der Waals surface area contributed by atoms with Gasteiger partial charge in [-0.1, -0.05) is 41.4 Å². The molecule has 0 radical (unpaired) electrons. The fourth-order valence-electron chi connectivity index (χ4n) is 3.26. The molecule has 0 aliphatic heterocycles. The van der Waals surface area contributed by atoms with Crippen molar-refractivity contribution in [3.63, 3.8) is 0 Å². The normalized spacial score (nSPS) is 11.2. The van der Waals surface area contributed by atoms with E-state index in [4.69, 9.17) is 43.8 Å². The molecule has 8 heteroatoms. The summed E-state index contributed by atoms with van der Waals surface area (Å²) in [5, 5.41) is 1.11. The Kier molecular flexibility index (Phi) is 5.81. The van der Waals surface area contributed by atoms with Crippen LogP contribution in [0.25, 0.3) is 22.1 Å². The zero-order valence-electron chi connectivity index (χ0n) is 15.8. The molecular formula is C22H18Cl2FN3O2. The number of nitrogen functional groups attached to an aromatic ring is 1. The average molecular weight is 446 g/mol. The van der Waals surface area contributed by atoms with Crippen molar-refractivity contribution in [2.75, 3.05) is 12.3 Å². The van der Waals surface area contributed by atoms with E-state index in [1.807, 2.05) is 24.3 Å². The lowest BCUT2D eigenvalue weighted by atomic mass is 10.0. The Labute approximate surface area is 182 Å². The molecule has 0 aliphatic rings. The molecule has 0 spiro atoms. The van der Waals surface area contributed by atoms with Crippen molar-refractivity contribution >= 4 is 40.0 Å². The van der Waals surface area contributed by atoms with Crippen LogP contribution in [0.1, 0.15) is 11.1 Å². The van der Waals surface area contributed by atoms with E-state index in [1.165, 1.54) is 12.1 Å². The van der Waals surface area contributed by atoms with Gasteiger partial charge in [-0.25, -0.2) is 9.37 Å². The van der Waals surface area contributed by atoms with Gasteiger partial charge in [0.25, 0.3) is 0 Å². The highest BCUT2D eigenvalue weighted by Gasteiger charge is 2.18. The average Bonchev–Trinajstić information content (AvgIpc) is 3.19. The number of nitrogens with two attached hydrogens (primary N) is 2. The van der Waals surface area contributed by atoms with Crippen LogP contribution in [0.2, 0.25) is 10.0 Å². The fourth-order valence-corrected chi connectivity index (χ4v) is 3.82. The molecule has 0 saturated heterocycles. The smallest absolute Gasteiger partial charge is 0.205 e. The van der Waals surface area contributed by atoms with Crippen LogP contribution in [0.15, 0.2) is 53.3 Å². The van der Waals surface area contributed by atoms with E-state index in [-0.39, 0.29) is 23.9 Å². The predicted molar refractivity (Wildman–Crippen MR) is 117 cm³/mol. The Hall–Kier alpha value is -2.80. The number of hydrogen-bond donors (Lipinski definition) is 2. The van der Waals surface area contributed by atoms with Crippen molar-refractivity contribution in [1.29, 1.82) is 0 Å². The van der Waals surface area contributed by atoms with Crippen molar-refractivity contribution in [2.24, 2.45) is 5.73 Å². The molecule has 2 aromatic carbocycles. The molecule has 0 amide bonds. The highest BCUT2D eigenvalue weighted by molar-refractivity contribution is 6.36. The summed E-state index contributed by atoms with van der Waals surface area (Å²) in [6, 6.07) is 10.5. The summed E-state index contributed by atoms with van der Waals surface area (Å²) in [4.78, 5) is 4.24. The van der Waals surface area contributed by atoms with E-state index in [1.54, 1.807) is 12.5 Å². The molecule has 30 heavy (non-hydrogen) atoms. The van der Waals surface area contributed by atoms with Gasteiger partial charge in [0.15, 0.2) is 11.4 Å². The zero-order valence-corrected chi connectivity index (χ0v) is 17.3. The molecule has 5 nitrogen and oxygen atoms in total. The van der Waals surface area contributed by atoms with Crippen molar-refractivity contribution in [3.8, 4) is 16.9 Å². The maximum atomic E-state index is 13.7. The van der Waals surface area contributed by atoms with Crippen LogP contribution in [0.4, 0.5) is 10.2 Å². The number of ether oxygens (including phenoxy) is 1. The molecule has 0 unspecified atom stereocenters. The van der Waals surface area contributed by atoms with Gasteiger partial charge in [0.05, 0.1) is 23.3 Å². The topological polar surface area (TPSA) is 87.3 Å². The van der Waals surface area contributed by atoms with Crippen molar-refractivity contribution in [3.05, 3.63) is 75.8 Å². The standard InChI is InChI=1S/C22H18Cl2FN3O2/c23-17-4-5-18(25)19(24)14(17)6-7-29-21-20-15(10-28-22(21)27)16(11-30-20)13-3-1-2-12(8-13)9-26/h1-5,8,10-11H,6-7,9,26H2,(H2,27,28). The second-order valence-electron chi connectivity index (χ2n) is 6.69. The molecule has 4 aromatic rings. The first kappa shape index (κ1) is 20.5. The lowest BCUT2D eigenvalue weighted by Gasteiger charge is -2.11. The second-order valence-corrected chi connectivity index (χ2v) is 7.47. The number of anilines is 1. The fraction of sp³-hybridized carbons (Fsp3) is 0.136. The number of furan rings is 1. The van der Waals surface area contributed by atoms with Crippen LogP contribution in [0, 0.1) is 5.82 Å². The molecule has 0 bridgehead atoms. The van der Waals surface area contributed by atoms with Gasteiger partial charge in [0, 0.05) is 29.7 Å². The van der Waals surface area contributed by atoms with E-state index in [2.05, 4.69) is 4.98 Å². The Morgan fingerprint density at radius 1 is 1.17 bits per heavy atom. The van der Waals surface area contributed by atoms with Crippen molar-refractivity contribution < 1.29 is 13.5 Å². The molecule has 4 N–H and O–H groups in total. The summed E-state index contributed by atoms with van der Waals surface area (Å²) in [7, 11) is 0. The molecule has 154 valence electrons. The first-order chi connectivity index (χ1) is 14.5. The molecule has 0 saturated carbocycles. The summed E-state index contributed by atoms with van der Waals surface area (Å²) < 4.78 is 25.3. The van der Waals surface area contributed by atoms with Gasteiger partial charge in [0.2, 0.25) is 5.75 Å². The molecule has 2 heterocycles. The van der Waals surface area contributed by atoms with Gasteiger partial charge < -0.3 is 20.6 Å². The lowest BCUT2D eigenvalue weighted by molar-refractivity contribution is 0.321. The van der Waals surface area contributed by atoms with Crippen molar-refractivity contribution in [1.82, 2.24) is 4.98 Å². The lowest BCUT2D eigenvalue weighted by Crippen LogP contribution is -2.06. The first-order valence-corrected chi connectivity index (χ1v) is 9.95. The van der Waals surface area contributed by atoms with E-state index >= 15 is 0 Å². The second kappa shape index (κ2) is 8.52. The Morgan fingerprint density at radius 3 is 2.80 bits per heavy atom. The highest BCUT2D eigenvalue weighted by atomic mass is 35.5. The molecule has 2 aromatic heterocycles. The third kappa shape index (κ3) is 3.81. The molecule has 0 atom stereocenters. The summed E-state index contributed by atoms with van der Waals surface area (Å²) in [5.74, 6) is -0.0253. The maximum absolute atomic E-state index is 13.7. The van der Waals surface area contributed by atoms with Gasteiger partial charge in [-0.3, -0.25) is 0 Å². The largest absolute Gasteiger partial charge is 0.486 e. The minimum absolute atomic E-state index is 0.0181. The quantitative estimate of drug-likeness (QED) is 0.377. The Morgan fingerprint density at radius 2 is 2.00 bits per heavy atom. The van der Waals surface area contributed by atoms with Crippen LogP contribution in [0.5, 0.6) is 5.75 Å². The van der Waals surface area contributed by atoms with Gasteiger partial charge in [-0.05, 0) is 34.9 Å². The van der Waals surface area contributed by atoms with Crippen LogP contribution in [0.3, 0.4) is 0 Å². The van der Waals surface area contributed by atoms with Crippen LogP contribution >= 0.6 is 23.2 Å². The number of aromatic nitrogens is 1. The third-order valence-corrected chi connectivity index (χ3v) is 5.57. The molecule has 0 fully saturated rings. The van der Waals surface area contributed by atoms with Crippen LogP contribution < -0.4 is 16.2 Å². The molecular weight excluding hydrogens is 428 g/mol. The van der Waals surface area contributed by atoms with E-state index < -0.39 is 5.82 Å². The first-order valence-electron chi connectivity index (χ1n) is 9.19. The van der Waals surface area contributed by atoms with Gasteiger partial charge in [-0.2, -0.15) is 0 Å². The Bertz CT molecular complexity index is 1230. The number of pyridine rings is 1. The van der Waals surface area contributed by atoms with E-state index in [9.17, 15) is 4.39 Å². The van der Waals surface area contributed by atoms with E-state index in [0.717, 1.165) is 22.1 Å². The van der Waals surface area contributed by atoms with Gasteiger partial charge in [0.1, 0.15) is 5.82 Å². The number of fused-ring (bicyclic) bond motifs is 1. The summed E-state index contributed by atoms with van der Waals surface area (Å²) in [5.41, 5.74) is 15.5. The minimum atomic E-state index is -0.533. The van der Waals surface area contributed by atoms with Gasteiger partial charge >= 0.3 is 0 Å². The summed E-state index contributed by atoms with van der Waals surface area (Å²) in [6.45, 7) is 0.598. The number of halogens is 3. The third-order valence-electron chi connectivity index (χ3n) is 4.81. The van der Waals surface area contributed by atoms with E-state index in [0.29, 0.717) is 28.5 Å². The number of nitrogens with zero attached hydrogens (tertiary/aromatic N) is 1. The summed E-state index contributed by atoms with van der Waals surface area (Å²) >= 11 is 12.2. The maximum Gasteiger partial charge on any atom is 0.205 e. The van der Waals surface area contributed by atoms with Crippen LogP contribution in [-0.4, -0.2) is 11.6 Å². The zero-order chi connectivity index (χ0) is 21.3. The van der Waals surface area contributed by atoms with Crippen LogP contribution in [-0.2, 0) is 13.0 Å². The Balaban J connectivity index is 1.63. The minimum Gasteiger partial charge on any atom is -0.486 e. The predicted octanol–water partition coefficient (Wildman–Crippen LogP) is 5.60. The SMILES string of the molecule is NCc1cccc(-c2coc3c(OCCc4c(Cl)ccc(F)c4Cl)c(N)ncc23)c1. The molecule has 4 rings (SSSR count). The monoisotopic (exact) mass is 445 g/mol. The number of rotatable bonds is 6. The highest BCUT2D eigenvalue weighted by Crippen LogP contribution is 2.38. The number of hydrogen-bond acceptors (Lipinski definition) is 5. The molecule has 0 aliphatic carbocycles. The summed E-state index contributed by atoms with van der Waals surface area (Å²) in [6.07, 6.45) is 3.57. The van der Waals surface area contributed by atoms with Crippen molar-refractivity contribution in [2.45, 2.75) is 13.0 Å². The number of benzene rings is 2. The van der Waals surface area contributed by atoms with Gasteiger partial charge in [-0.15, -0.1) is 0 Å².